The molecular formula is C18H14ClFIN3O. The van der Waals surface area contributed by atoms with Crippen LogP contribution in [0.4, 0.5) is 4.39 Å². The number of hydrogen-bond donors (Lipinski definition) is 2. The molecule has 2 heterocycles. The number of carbonyl (C=O) groups excluding carboxylic acids is 1. The van der Waals surface area contributed by atoms with Crippen LogP contribution < -0.4 is 5.32 Å². The molecule has 0 unspecified atom stereocenters. The SMILES string of the molecule is C=C(I)[C@H](Cc1ccc(F)cc1)NC(=O)c1cc2cc(Cl)ncc2[nH]1. The molecule has 0 fully saturated rings. The lowest BCUT2D eigenvalue weighted by atomic mass is 10.1. The van der Waals surface area contributed by atoms with Crippen molar-refractivity contribution < 1.29 is 9.18 Å². The van der Waals surface area contributed by atoms with Gasteiger partial charge in [-0.2, -0.15) is 0 Å². The van der Waals surface area contributed by atoms with E-state index in [1.165, 1.54) is 12.1 Å². The summed E-state index contributed by atoms with van der Waals surface area (Å²) in [6.07, 6.45) is 2.11. The van der Waals surface area contributed by atoms with Crippen molar-refractivity contribution in [2.45, 2.75) is 12.5 Å². The van der Waals surface area contributed by atoms with Crippen LogP contribution in [0.3, 0.4) is 0 Å². The van der Waals surface area contributed by atoms with Crippen LogP contribution in [0, 0.1) is 5.82 Å². The third kappa shape index (κ3) is 4.38. The van der Waals surface area contributed by atoms with Gasteiger partial charge in [-0.05, 0) is 58.8 Å². The Morgan fingerprint density at radius 3 is 2.76 bits per heavy atom. The number of aromatic amines is 1. The maximum atomic E-state index is 13.0. The molecule has 2 N–H and O–H groups in total. The molecule has 25 heavy (non-hydrogen) atoms. The van der Waals surface area contributed by atoms with Gasteiger partial charge in [-0.25, -0.2) is 9.37 Å². The maximum absolute atomic E-state index is 13.0. The quantitative estimate of drug-likeness (QED) is 0.422. The number of amides is 1. The molecule has 0 bridgehead atoms. The van der Waals surface area contributed by atoms with Crippen LogP contribution in [0.1, 0.15) is 16.1 Å². The van der Waals surface area contributed by atoms with Gasteiger partial charge < -0.3 is 10.3 Å². The molecule has 0 spiro atoms. The summed E-state index contributed by atoms with van der Waals surface area (Å²) < 4.78 is 13.8. The average molecular weight is 470 g/mol. The van der Waals surface area contributed by atoms with Crippen molar-refractivity contribution in [1.29, 1.82) is 0 Å². The van der Waals surface area contributed by atoms with Gasteiger partial charge in [0.15, 0.2) is 0 Å². The molecular weight excluding hydrogens is 456 g/mol. The molecule has 1 aromatic carbocycles. The lowest BCUT2D eigenvalue weighted by molar-refractivity contribution is 0.0940. The smallest absolute Gasteiger partial charge is 0.268 e. The Kier molecular flexibility index (Phi) is 5.39. The fourth-order valence-corrected chi connectivity index (χ4v) is 3.00. The zero-order valence-corrected chi connectivity index (χ0v) is 15.9. The molecule has 0 aliphatic carbocycles. The minimum Gasteiger partial charge on any atom is -0.349 e. The van der Waals surface area contributed by atoms with E-state index in [1.54, 1.807) is 30.5 Å². The fraction of sp³-hybridized carbons (Fsp3) is 0.111. The van der Waals surface area contributed by atoms with E-state index in [0.29, 0.717) is 17.3 Å². The number of benzene rings is 1. The molecule has 7 heteroatoms. The average Bonchev–Trinajstić information content (AvgIpc) is 2.99. The Hall–Kier alpha value is -1.93. The van der Waals surface area contributed by atoms with E-state index in [-0.39, 0.29) is 17.8 Å². The topological polar surface area (TPSA) is 57.8 Å². The molecule has 0 aliphatic rings. The van der Waals surface area contributed by atoms with Gasteiger partial charge in [0.05, 0.1) is 17.8 Å². The summed E-state index contributed by atoms with van der Waals surface area (Å²) in [5, 5.41) is 4.13. The number of pyridine rings is 1. The molecule has 1 amide bonds. The van der Waals surface area contributed by atoms with Gasteiger partial charge in [-0.1, -0.05) is 30.3 Å². The van der Waals surface area contributed by atoms with Crippen LogP contribution in [0.15, 0.2) is 52.8 Å². The monoisotopic (exact) mass is 469 g/mol. The van der Waals surface area contributed by atoms with E-state index in [0.717, 1.165) is 20.0 Å². The minimum atomic E-state index is -0.289. The van der Waals surface area contributed by atoms with Crippen molar-refractivity contribution in [3.8, 4) is 0 Å². The first-order valence-electron chi connectivity index (χ1n) is 7.46. The first kappa shape index (κ1) is 17.9. The van der Waals surface area contributed by atoms with Crippen molar-refractivity contribution in [2.75, 3.05) is 0 Å². The van der Waals surface area contributed by atoms with Crippen molar-refractivity contribution >= 4 is 51.0 Å². The fourth-order valence-electron chi connectivity index (χ4n) is 2.46. The van der Waals surface area contributed by atoms with E-state index in [9.17, 15) is 9.18 Å². The number of carbonyl (C=O) groups is 1. The number of fused-ring (bicyclic) bond motifs is 1. The number of nitrogens with zero attached hydrogens (tertiary/aromatic N) is 1. The van der Waals surface area contributed by atoms with E-state index in [4.69, 9.17) is 11.6 Å². The molecule has 3 aromatic rings. The summed E-state index contributed by atoms with van der Waals surface area (Å²) >= 11 is 7.96. The zero-order valence-electron chi connectivity index (χ0n) is 13.0. The molecule has 3 rings (SSSR count). The van der Waals surface area contributed by atoms with E-state index >= 15 is 0 Å². The van der Waals surface area contributed by atoms with Crippen molar-refractivity contribution in [3.05, 3.63) is 75.0 Å². The molecule has 128 valence electrons. The standard InChI is InChI=1S/C18H14ClFIN3O/c1-10(21)14(6-11-2-4-13(20)5-3-11)24-18(25)15-7-12-8-17(19)22-9-16(12)23-15/h2-5,7-9,14,23H,1,6H2,(H,24,25)/t14-/m0/s1. The lowest BCUT2D eigenvalue weighted by Gasteiger charge is -2.17. The molecule has 0 radical (unpaired) electrons. The minimum absolute atomic E-state index is 0.253. The second-order valence-corrected chi connectivity index (χ2v) is 7.35. The summed E-state index contributed by atoms with van der Waals surface area (Å²) in [5.41, 5.74) is 2.07. The maximum Gasteiger partial charge on any atom is 0.268 e. The Morgan fingerprint density at radius 2 is 2.08 bits per heavy atom. The van der Waals surface area contributed by atoms with Gasteiger partial charge in [-0.3, -0.25) is 4.79 Å². The summed E-state index contributed by atoms with van der Waals surface area (Å²) in [7, 11) is 0. The highest BCUT2D eigenvalue weighted by Crippen LogP contribution is 2.19. The molecule has 0 saturated carbocycles. The Morgan fingerprint density at radius 1 is 1.36 bits per heavy atom. The number of aromatic nitrogens is 2. The van der Waals surface area contributed by atoms with E-state index < -0.39 is 0 Å². The van der Waals surface area contributed by atoms with Crippen molar-refractivity contribution in [1.82, 2.24) is 15.3 Å². The molecule has 4 nitrogen and oxygen atoms in total. The highest BCUT2D eigenvalue weighted by Gasteiger charge is 2.18. The summed E-state index contributed by atoms with van der Waals surface area (Å²) in [4.78, 5) is 19.6. The zero-order chi connectivity index (χ0) is 18.0. The molecule has 2 aromatic heterocycles. The van der Waals surface area contributed by atoms with Gasteiger partial charge in [0.25, 0.3) is 5.91 Å². The Bertz CT molecular complexity index is 939. The number of halogens is 3. The number of rotatable bonds is 5. The number of nitrogens with one attached hydrogen (secondary N) is 2. The normalized spacial score (nSPS) is 12.1. The van der Waals surface area contributed by atoms with Crippen LogP contribution in [-0.4, -0.2) is 21.9 Å². The summed E-state index contributed by atoms with van der Waals surface area (Å²) in [5.74, 6) is -0.541. The summed E-state index contributed by atoms with van der Waals surface area (Å²) in [6, 6.07) is 9.35. The predicted octanol–water partition coefficient (Wildman–Crippen LogP) is 4.65. The van der Waals surface area contributed by atoms with Crippen LogP contribution in [-0.2, 0) is 6.42 Å². The third-order valence-corrected chi connectivity index (χ3v) is 4.71. The van der Waals surface area contributed by atoms with Gasteiger partial charge in [-0.15, -0.1) is 0 Å². The Labute approximate surface area is 162 Å². The lowest BCUT2D eigenvalue weighted by Crippen LogP contribution is -2.36. The predicted molar refractivity (Wildman–Crippen MR) is 106 cm³/mol. The first-order valence-corrected chi connectivity index (χ1v) is 8.92. The van der Waals surface area contributed by atoms with Gasteiger partial charge in [0.1, 0.15) is 16.7 Å². The van der Waals surface area contributed by atoms with Crippen LogP contribution in [0.2, 0.25) is 5.15 Å². The second kappa shape index (κ2) is 7.53. The van der Waals surface area contributed by atoms with Crippen LogP contribution in [0.5, 0.6) is 0 Å². The van der Waals surface area contributed by atoms with Gasteiger partial charge in [0.2, 0.25) is 0 Å². The van der Waals surface area contributed by atoms with Gasteiger partial charge in [0, 0.05) is 8.97 Å². The van der Waals surface area contributed by atoms with Crippen LogP contribution in [0.25, 0.3) is 10.9 Å². The largest absolute Gasteiger partial charge is 0.349 e. The molecule has 1 atom stereocenters. The molecule has 0 saturated heterocycles. The second-order valence-electron chi connectivity index (χ2n) is 5.58. The van der Waals surface area contributed by atoms with Gasteiger partial charge >= 0.3 is 0 Å². The van der Waals surface area contributed by atoms with E-state index in [1.807, 2.05) is 0 Å². The first-order chi connectivity index (χ1) is 11.9. The summed E-state index contributed by atoms with van der Waals surface area (Å²) in [6.45, 7) is 3.93. The number of hydrogen-bond acceptors (Lipinski definition) is 2. The Balaban J connectivity index is 1.77. The van der Waals surface area contributed by atoms with Crippen LogP contribution >= 0.6 is 34.2 Å². The highest BCUT2D eigenvalue weighted by molar-refractivity contribution is 14.1. The van der Waals surface area contributed by atoms with E-state index in [2.05, 4.69) is 44.5 Å². The highest BCUT2D eigenvalue weighted by atomic mass is 127. The van der Waals surface area contributed by atoms with Crippen molar-refractivity contribution in [3.63, 3.8) is 0 Å². The number of H-pyrrole nitrogens is 1. The third-order valence-electron chi connectivity index (χ3n) is 3.75. The van der Waals surface area contributed by atoms with Crippen molar-refractivity contribution in [2.24, 2.45) is 0 Å². The molecule has 0 aliphatic heterocycles.